The van der Waals surface area contributed by atoms with E-state index in [1.165, 1.54) is 0 Å². The van der Waals surface area contributed by atoms with Crippen molar-refractivity contribution in [3.8, 4) is 5.75 Å². The van der Waals surface area contributed by atoms with Crippen molar-refractivity contribution >= 4 is 5.69 Å². The second-order valence-electron chi connectivity index (χ2n) is 5.19. The van der Waals surface area contributed by atoms with Crippen molar-refractivity contribution in [2.24, 2.45) is 0 Å². The number of para-hydroxylation sites is 1. The molecule has 2 aromatic rings. The molecule has 0 aromatic heterocycles. The molecule has 2 rings (SSSR count). The number of hydrogen-bond donors (Lipinski definition) is 3. The summed E-state index contributed by atoms with van der Waals surface area (Å²) in [5, 5.41) is 23.1. The lowest BCUT2D eigenvalue weighted by atomic mass is 10.0. The maximum atomic E-state index is 9.97. The molecular weight excluding hydrogens is 250 g/mol. The average Bonchev–Trinajstić information content (AvgIpc) is 2.41. The van der Waals surface area contributed by atoms with E-state index in [9.17, 15) is 10.2 Å². The molecule has 0 aliphatic carbocycles. The summed E-state index contributed by atoms with van der Waals surface area (Å²) in [6.07, 6.45) is -0.531. The number of aliphatic hydroxyl groups is 1. The van der Waals surface area contributed by atoms with Crippen LogP contribution in [0.3, 0.4) is 0 Å². The van der Waals surface area contributed by atoms with E-state index in [4.69, 9.17) is 0 Å². The van der Waals surface area contributed by atoms with Crippen molar-refractivity contribution in [3.63, 3.8) is 0 Å². The maximum absolute atomic E-state index is 9.97. The first kappa shape index (κ1) is 14.4. The molecule has 0 fully saturated rings. The van der Waals surface area contributed by atoms with Gasteiger partial charge in [0.05, 0.1) is 12.1 Å². The van der Waals surface area contributed by atoms with Gasteiger partial charge in [0.2, 0.25) is 0 Å². The number of aromatic hydroxyl groups is 1. The molecule has 0 aliphatic heterocycles. The molecule has 0 amide bonds. The Morgan fingerprint density at radius 1 is 1.00 bits per heavy atom. The van der Waals surface area contributed by atoms with E-state index in [1.54, 1.807) is 13.0 Å². The van der Waals surface area contributed by atoms with E-state index in [2.05, 4.69) is 5.32 Å². The van der Waals surface area contributed by atoms with Gasteiger partial charge in [0, 0.05) is 16.8 Å². The van der Waals surface area contributed by atoms with Crippen LogP contribution in [0.15, 0.2) is 42.5 Å². The van der Waals surface area contributed by atoms with Gasteiger partial charge in [0.25, 0.3) is 0 Å². The van der Waals surface area contributed by atoms with Gasteiger partial charge in [-0.05, 0) is 32.9 Å². The topological polar surface area (TPSA) is 52.5 Å². The van der Waals surface area contributed by atoms with E-state index in [-0.39, 0.29) is 11.8 Å². The molecule has 3 heteroatoms. The number of aliphatic hydroxyl groups excluding tert-OH is 1. The normalized spacial score (nSPS) is 13.8. The summed E-state index contributed by atoms with van der Waals surface area (Å²) < 4.78 is 0. The number of phenolic OH excluding ortho intramolecular Hbond substituents is 1. The van der Waals surface area contributed by atoms with Crippen LogP contribution >= 0.6 is 0 Å². The van der Waals surface area contributed by atoms with Gasteiger partial charge >= 0.3 is 0 Å². The predicted molar refractivity (Wildman–Crippen MR) is 82.0 cm³/mol. The Bertz CT molecular complexity index is 593. The highest BCUT2D eigenvalue weighted by Crippen LogP contribution is 2.30. The fraction of sp³-hybridized carbons (Fsp3) is 0.294. The van der Waals surface area contributed by atoms with E-state index in [1.807, 2.05) is 50.2 Å². The van der Waals surface area contributed by atoms with Gasteiger partial charge < -0.3 is 15.5 Å². The first-order chi connectivity index (χ1) is 9.49. The van der Waals surface area contributed by atoms with Crippen LogP contribution in [0.1, 0.15) is 42.7 Å². The second kappa shape index (κ2) is 5.97. The van der Waals surface area contributed by atoms with Crippen LogP contribution in [0.4, 0.5) is 5.69 Å². The van der Waals surface area contributed by atoms with Crippen molar-refractivity contribution in [2.75, 3.05) is 5.32 Å². The number of aryl methyl sites for hydroxylation is 1. The molecule has 0 aliphatic rings. The number of phenols is 1. The van der Waals surface area contributed by atoms with Crippen molar-refractivity contribution in [1.82, 2.24) is 0 Å². The minimum Gasteiger partial charge on any atom is -0.508 e. The molecule has 20 heavy (non-hydrogen) atoms. The van der Waals surface area contributed by atoms with Crippen LogP contribution in [-0.2, 0) is 0 Å². The summed E-state index contributed by atoms with van der Waals surface area (Å²) >= 11 is 0. The molecule has 0 saturated heterocycles. The van der Waals surface area contributed by atoms with Crippen LogP contribution in [0, 0.1) is 6.92 Å². The quantitative estimate of drug-likeness (QED) is 0.789. The standard InChI is InChI=1S/C17H21NO2/c1-11-8-9-17(20)15(10-11)12(2)18-16-7-5-4-6-14(16)13(3)19/h4-10,12-13,18-20H,1-3H3. The molecule has 2 atom stereocenters. The molecule has 3 nitrogen and oxygen atoms in total. The van der Waals surface area contributed by atoms with Crippen LogP contribution in [-0.4, -0.2) is 10.2 Å². The van der Waals surface area contributed by atoms with Crippen LogP contribution in [0.25, 0.3) is 0 Å². The lowest BCUT2D eigenvalue weighted by Gasteiger charge is -2.20. The number of benzene rings is 2. The summed E-state index contributed by atoms with van der Waals surface area (Å²) in [6, 6.07) is 13.2. The van der Waals surface area contributed by atoms with Gasteiger partial charge in [-0.1, -0.05) is 35.9 Å². The van der Waals surface area contributed by atoms with Gasteiger partial charge in [0.1, 0.15) is 5.75 Å². The summed E-state index contributed by atoms with van der Waals surface area (Å²) in [5.74, 6) is 0.283. The largest absolute Gasteiger partial charge is 0.508 e. The molecule has 106 valence electrons. The van der Waals surface area contributed by atoms with E-state index < -0.39 is 6.10 Å². The fourth-order valence-electron chi connectivity index (χ4n) is 2.32. The summed E-state index contributed by atoms with van der Waals surface area (Å²) in [4.78, 5) is 0. The van der Waals surface area contributed by atoms with Crippen LogP contribution in [0.5, 0.6) is 5.75 Å². The molecule has 0 saturated carbocycles. The number of nitrogens with one attached hydrogen (secondary N) is 1. The predicted octanol–water partition coefficient (Wildman–Crippen LogP) is 3.93. The Balaban J connectivity index is 2.28. The van der Waals surface area contributed by atoms with Crippen molar-refractivity contribution in [3.05, 3.63) is 59.2 Å². The minimum atomic E-state index is -0.531. The zero-order valence-electron chi connectivity index (χ0n) is 12.1. The lowest BCUT2D eigenvalue weighted by molar-refractivity contribution is 0.200. The van der Waals surface area contributed by atoms with Crippen LogP contribution in [0.2, 0.25) is 0 Å². The maximum Gasteiger partial charge on any atom is 0.120 e. The van der Waals surface area contributed by atoms with Gasteiger partial charge in [-0.3, -0.25) is 0 Å². The monoisotopic (exact) mass is 271 g/mol. The Labute approximate surface area is 119 Å². The Morgan fingerprint density at radius 2 is 1.70 bits per heavy atom. The smallest absolute Gasteiger partial charge is 0.120 e. The first-order valence-corrected chi connectivity index (χ1v) is 6.82. The summed E-state index contributed by atoms with van der Waals surface area (Å²) in [6.45, 7) is 5.74. The van der Waals surface area contributed by atoms with Gasteiger partial charge in [0.15, 0.2) is 0 Å². The van der Waals surface area contributed by atoms with Crippen molar-refractivity contribution in [1.29, 1.82) is 0 Å². The first-order valence-electron chi connectivity index (χ1n) is 6.82. The molecule has 0 spiro atoms. The molecule has 0 radical (unpaired) electrons. The van der Waals surface area contributed by atoms with Gasteiger partial charge in [-0.15, -0.1) is 0 Å². The third-order valence-electron chi connectivity index (χ3n) is 3.43. The van der Waals surface area contributed by atoms with E-state index >= 15 is 0 Å². The molecule has 0 bridgehead atoms. The third kappa shape index (κ3) is 3.11. The SMILES string of the molecule is Cc1ccc(O)c(C(C)Nc2ccccc2C(C)O)c1. The summed E-state index contributed by atoms with van der Waals surface area (Å²) in [7, 11) is 0. The highest BCUT2D eigenvalue weighted by atomic mass is 16.3. The van der Waals surface area contributed by atoms with Crippen molar-refractivity contribution < 1.29 is 10.2 Å². The number of rotatable bonds is 4. The molecule has 2 unspecified atom stereocenters. The molecular formula is C17H21NO2. The fourth-order valence-corrected chi connectivity index (χ4v) is 2.32. The average molecular weight is 271 g/mol. The Morgan fingerprint density at radius 3 is 2.40 bits per heavy atom. The molecule has 3 N–H and O–H groups in total. The molecule has 2 aromatic carbocycles. The van der Waals surface area contributed by atoms with Gasteiger partial charge in [-0.2, -0.15) is 0 Å². The highest BCUT2D eigenvalue weighted by molar-refractivity contribution is 5.54. The minimum absolute atomic E-state index is 0.0465. The zero-order chi connectivity index (χ0) is 14.7. The Kier molecular flexibility index (Phi) is 4.30. The lowest BCUT2D eigenvalue weighted by Crippen LogP contribution is -2.09. The van der Waals surface area contributed by atoms with Crippen LogP contribution < -0.4 is 5.32 Å². The van der Waals surface area contributed by atoms with E-state index in [0.717, 1.165) is 22.4 Å². The van der Waals surface area contributed by atoms with Crippen molar-refractivity contribution in [2.45, 2.75) is 32.9 Å². The number of hydrogen-bond acceptors (Lipinski definition) is 3. The Hall–Kier alpha value is -2.00. The summed E-state index contributed by atoms with van der Waals surface area (Å²) in [5.41, 5.74) is 3.70. The van der Waals surface area contributed by atoms with E-state index in [0.29, 0.717) is 0 Å². The highest BCUT2D eigenvalue weighted by Gasteiger charge is 2.13. The number of anilines is 1. The second-order valence-corrected chi connectivity index (χ2v) is 5.19. The van der Waals surface area contributed by atoms with Gasteiger partial charge in [-0.25, -0.2) is 0 Å². The zero-order valence-corrected chi connectivity index (χ0v) is 12.1. The molecule has 0 heterocycles. The third-order valence-corrected chi connectivity index (χ3v) is 3.43.